The Balaban J connectivity index is 2.79. The highest BCUT2D eigenvalue weighted by Gasteiger charge is 2.16. The number of nitrogens with two attached hydrogens (primary N) is 1. The van der Waals surface area contributed by atoms with E-state index in [2.05, 4.69) is 4.84 Å². The number of nitrogens with zero attached hydrogens (tertiary/aromatic N) is 1. The molecule has 18 heavy (non-hydrogen) atoms. The van der Waals surface area contributed by atoms with Crippen molar-refractivity contribution >= 4 is 17.6 Å². The number of nitrogen functional groups attached to an aromatic ring is 1. The van der Waals surface area contributed by atoms with Gasteiger partial charge in [0.25, 0.3) is 5.91 Å². The second kappa shape index (κ2) is 6.25. The zero-order valence-electron chi connectivity index (χ0n) is 9.90. The molecule has 0 aliphatic heterocycles. The van der Waals surface area contributed by atoms with Crippen molar-refractivity contribution in [2.24, 2.45) is 0 Å². The van der Waals surface area contributed by atoms with Crippen molar-refractivity contribution in [3.05, 3.63) is 29.3 Å². The first-order valence-corrected chi connectivity index (χ1v) is 5.38. The number of nitrogens with one attached hydrogen (secondary N) is 1. The van der Waals surface area contributed by atoms with Crippen LogP contribution in [-0.2, 0) is 9.63 Å². The van der Waals surface area contributed by atoms with Gasteiger partial charge in [0.2, 0.25) is 0 Å². The van der Waals surface area contributed by atoms with Crippen molar-refractivity contribution in [3.8, 4) is 6.07 Å². The van der Waals surface area contributed by atoms with E-state index in [-0.39, 0.29) is 23.2 Å². The Bertz CT molecular complexity index is 506. The van der Waals surface area contributed by atoms with Gasteiger partial charge in [-0.1, -0.05) is 13.0 Å². The van der Waals surface area contributed by atoms with Gasteiger partial charge in [-0.25, -0.2) is 4.79 Å². The summed E-state index contributed by atoms with van der Waals surface area (Å²) in [5.41, 5.74) is 7.87. The molecule has 0 fully saturated rings. The SMILES string of the molecule is CCCC(=O)ONC(=O)c1c(N)cccc1C#N. The Morgan fingerprint density at radius 3 is 2.83 bits per heavy atom. The largest absolute Gasteiger partial charge is 0.398 e. The van der Waals surface area contributed by atoms with Gasteiger partial charge in [0, 0.05) is 12.1 Å². The summed E-state index contributed by atoms with van der Waals surface area (Å²) in [6, 6.07) is 6.36. The first kappa shape index (κ1) is 13.5. The number of amides is 1. The molecule has 94 valence electrons. The number of carbonyl (C=O) groups is 2. The summed E-state index contributed by atoms with van der Waals surface area (Å²) in [4.78, 5) is 27.4. The first-order chi connectivity index (χ1) is 8.60. The molecular weight excluding hydrogens is 234 g/mol. The summed E-state index contributed by atoms with van der Waals surface area (Å²) in [5.74, 6) is -1.26. The lowest BCUT2D eigenvalue weighted by Gasteiger charge is -2.08. The first-order valence-electron chi connectivity index (χ1n) is 5.38. The van der Waals surface area contributed by atoms with E-state index in [1.165, 1.54) is 12.1 Å². The van der Waals surface area contributed by atoms with E-state index in [1.54, 1.807) is 6.07 Å². The molecule has 1 aromatic carbocycles. The topological polar surface area (TPSA) is 105 Å². The number of carbonyl (C=O) groups excluding carboxylic acids is 2. The molecule has 1 rings (SSSR count). The minimum Gasteiger partial charge on any atom is -0.398 e. The van der Waals surface area contributed by atoms with Crippen molar-refractivity contribution in [2.75, 3.05) is 5.73 Å². The fourth-order valence-electron chi connectivity index (χ4n) is 1.33. The fraction of sp³-hybridized carbons (Fsp3) is 0.250. The highest BCUT2D eigenvalue weighted by atomic mass is 16.7. The number of nitriles is 1. The maximum Gasteiger partial charge on any atom is 0.332 e. The molecule has 1 aromatic rings. The monoisotopic (exact) mass is 247 g/mol. The summed E-state index contributed by atoms with van der Waals surface area (Å²) in [7, 11) is 0. The molecule has 0 bridgehead atoms. The predicted molar refractivity (Wildman–Crippen MR) is 64.0 cm³/mol. The molecule has 3 N–H and O–H groups in total. The molecule has 6 heteroatoms. The van der Waals surface area contributed by atoms with E-state index < -0.39 is 11.9 Å². The van der Waals surface area contributed by atoms with Crippen LogP contribution in [0, 0.1) is 11.3 Å². The van der Waals surface area contributed by atoms with Gasteiger partial charge in [-0.2, -0.15) is 10.7 Å². The fourth-order valence-corrected chi connectivity index (χ4v) is 1.33. The van der Waals surface area contributed by atoms with Crippen LogP contribution in [0.1, 0.15) is 35.7 Å². The van der Waals surface area contributed by atoms with Crippen molar-refractivity contribution in [1.29, 1.82) is 5.26 Å². The van der Waals surface area contributed by atoms with Crippen LogP contribution in [0.5, 0.6) is 0 Å². The van der Waals surface area contributed by atoms with E-state index in [0.29, 0.717) is 6.42 Å². The lowest BCUT2D eigenvalue weighted by molar-refractivity contribution is -0.149. The third-order valence-corrected chi connectivity index (χ3v) is 2.16. The standard InChI is InChI=1S/C12H13N3O3/c1-2-4-10(16)18-15-12(17)11-8(7-13)5-3-6-9(11)14/h3,5-6H,2,4,14H2,1H3,(H,15,17). The Morgan fingerprint density at radius 2 is 2.22 bits per heavy atom. The smallest absolute Gasteiger partial charge is 0.332 e. The van der Waals surface area contributed by atoms with Crippen LogP contribution < -0.4 is 11.2 Å². The summed E-state index contributed by atoms with van der Waals surface area (Å²) in [5, 5.41) is 8.86. The quantitative estimate of drug-likeness (QED) is 0.615. The number of hydrogen-bond donors (Lipinski definition) is 2. The highest BCUT2D eigenvalue weighted by Crippen LogP contribution is 2.16. The molecular formula is C12H13N3O3. The molecule has 0 aromatic heterocycles. The molecule has 0 unspecified atom stereocenters. The Kier molecular flexibility index (Phi) is 4.69. The van der Waals surface area contributed by atoms with Crippen LogP contribution >= 0.6 is 0 Å². The second-order valence-corrected chi connectivity index (χ2v) is 3.54. The third kappa shape index (κ3) is 3.22. The zero-order valence-corrected chi connectivity index (χ0v) is 9.90. The lowest BCUT2D eigenvalue weighted by atomic mass is 10.1. The Morgan fingerprint density at radius 1 is 1.50 bits per heavy atom. The van der Waals surface area contributed by atoms with E-state index in [4.69, 9.17) is 11.0 Å². The lowest BCUT2D eigenvalue weighted by Crippen LogP contribution is -2.28. The van der Waals surface area contributed by atoms with Gasteiger partial charge in [-0.3, -0.25) is 4.79 Å². The van der Waals surface area contributed by atoms with Crippen LogP contribution in [0.15, 0.2) is 18.2 Å². The van der Waals surface area contributed by atoms with E-state index in [0.717, 1.165) is 0 Å². The molecule has 0 aliphatic carbocycles. The number of benzene rings is 1. The van der Waals surface area contributed by atoms with Gasteiger partial charge in [-0.15, -0.1) is 0 Å². The molecule has 0 heterocycles. The van der Waals surface area contributed by atoms with Gasteiger partial charge in [0.05, 0.1) is 11.1 Å². The Hall–Kier alpha value is -2.55. The Labute approximate surface area is 104 Å². The van der Waals surface area contributed by atoms with Crippen molar-refractivity contribution < 1.29 is 14.4 Å². The summed E-state index contributed by atoms with van der Waals surface area (Å²) in [6.45, 7) is 1.81. The molecule has 0 saturated carbocycles. The second-order valence-electron chi connectivity index (χ2n) is 3.54. The number of rotatable bonds is 3. The molecule has 0 saturated heterocycles. The van der Waals surface area contributed by atoms with E-state index in [9.17, 15) is 9.59 Å². The van der Waals surface area contributed by atoms with Gasteiger partial charge >= 0.3 is 5.97 Å². The average Bonchev–Trinajstić information content (AvgIpc) is 2.36. The molecule has 6 nitrogen and oxygen atoms in total. The van der Waals surface area contributed by atoms with E-state index in [1.807, 2.05) is 18.5 Å². The van der Waals surface area contributed by atoms with Crippen molar-refractivity contribution in [3.63, 3.8) is 0 Å². The summed E-state index contributed by atoms with van der Waals surface area (Å²) >= 11 is 0. The van der Waals surface area contributed by atoms with Crippen LogP contribution in [0.25, 0.3) is 0 Å². The van der Waals surface area contributed by atoms with E-state index >= 15 is 0 Å². The van der Waals surface area contributed by atoms with Crippen LogP contribution in [0.2, 0.25) is 0 Å². The molecule has 0 spiro atoms. The maximum absolute atomic E-state index is 11.7. The van der Waals surface area contributed by atoms with Gasteiger partial charge in [0.1, 0.15) is 6.07 Å². The highest BCUT2D eigenvalue weighted by molar-refractivity contribution is 6.01. The number of hydroxylamine groups is 1. The molecule has 0 aliphatic rings. The summed E-state index contributed by atoms with van der Waals surface area (Å²) in [6.07, 6.45) is 0.821. The zero-order chi connectivity index (χ0) is 13.5. The van der Waals surface area contributed by atoms with Gasteiger partial charge in [-0.05, 0) is 18.6 Å². The normalized spacial score (nSPS) is 9.33. The minimum absolute atomic E-state index is 0.00398. The number of anilines is 1. The van der Waals surface area contributed by atoms with Crippen molar-refractivity contribution in [1.82, 2.24) is 5.48 Å². The maximum atomic E-state index is 11.7. The minimum atomic E-state index is -0.714. The van der Waals surface area contributed by atoms with Crippen LogP contribution in [0.4, 0.5) is 5.69 Å². The van der Waals surface area contributed by atoms with Crippen molar-refractivity contribution in [2.45, 2.75) is 19.8 Å². The van der Waals surface area contributed by atoms with Crippen LogP contribution in [-0.4, -0.2) is 11.9 Å². The molecule has 0 atom stereocenters. The molecule has 1 amide bonds. The van der Waals surface area contributed by atoms with Gasteiger partial charge in [0.15, 0.2) is 0 Å². The predicted octanol–water partition coefficient (Wildman–Crippen LogP) is 1.13. The molecule has 0 radical (unpaired) electrons. The third-order valence-electron chi connectivity index (χ3n) is 2.16. The van der Waals surface area contributed by atoms with Crippen LogP contribution in [0.3, 0.4) is 0 Å². The van der Waals surface area contributed by atoms with Gasteiger partial charge < -0.3 is 10.6 Å². The number of hydrogen-bond acceptors (Lipinski definition) is 5. The summed E-state index contributed by atoms with van der Waals surface area (Å²) < 4.78 is 0. The average molecular weight is 247 g/mol.